The highest BCUT2D eigenvalue weighted by Crippen LogP contribution is 2.43. The average molecular weight is 405 g/mol. The van der Waals surface area contributed by atoms with E-state index in [1.807, 2.05) is 0 Å². The lowest BCUT2D eigenvalue weighted by Crippen LogP contribution is -2.55. The molecule has 3 saturated heterocycles. The van der Waals surface area contributed by atoms with Crippen molar-refractivity contribution < 1.29 is 19.1 Å². The number of anilines is 1. The van der Waals surface area contributed by atoms with Gasteiger partial charge in [-0.25, -0.2) is 14.5 Å². The van der Waals surface area contributed by atoms with Crippen LogP contribution in [0.5, 0.6) is 0 Å². The lowest BCUT2D eigenvalue weighted by molar-refractivity contribution is -0.121. The number of hydrogen-bond donors (Lipinski definition) is 0. The third kappa shape index (κ3) is 2.40. The zero-order valence-corrected chi connectivity index (χ0v) is 16.5. The summed E-state index contributed by atoms with van der Waals surface area (Å²) in [5.41, 5.74) is 1.21. The van der Waals surface area contributed by atoms with E-state index in [4.69, 9.17) is 4.74 Å². The smallest absolute Gasteiger partial charge is 0.410 e. The highest BCUT2D eigenvalue weighted by molar-refractivity contribution is 6.25. The second-order valence-electron chi connectivity index (χ2n) is 7.99. The van der Waals surface area contributed by atoms with E-state index < -0.39 is 24.2 Å². The van der Waals surface area contributed by atoms with Crippen molar-refractivity contribution in [3.05, 3.63) is 36.0 Å². The van der Waals surface area contributed by atoms with Crippen molar-refractivity contribution in [2.75, 3.05) is 11.4 Å². The number of hydrogen-bond acceptors (Lipinski definition) is 6. The number of imide groups is 1. The van der Waals surface area contributed by atoms with Crippen LogP contribution in [0.2, 0.25) is 0 Å². The number of ether oxygens (including phenoxy) is 1. The first kappa shape index (κ1) is 18.4. The van der Waals surface area contributed by atoms with Crippen molar-refractivity contribution in [1.82, 2.24) is 14.8 Å². The molecule has 3 aliphatic heterocycles. The second-order valence-corrected chi connectivity index (χ2v) is 7.99. The van der Waals surface area contributed by atoms with Crippen LogP contribution in [0.1, 0.15) is 25.8 Å². The summed E-state index contributed by atoms with van der Waals surface area (Å²) in [6, 6.07) is 6.96. The minimum atomic E-state index is -0.724. The largest absolute Gasteiger partial charge is 0.447 e. The number of urea groups is 1. The number of benzene rings is 1. The summed E-state index contributed by atoms with van der Waals surface area (Å²) in [6.07, 6.45) is 1.42. The van der Waals surface area contributed by atoms with E-state index in [2.05, 4.69) is 11.1 Å². The third-order valence-corrected chi connectivity index (χ3v) is 5.94. The lowest BCUT2D eigenvalue weighted by Gasteiger charge is -2.34. The molecule has 3 fully saturated rings. The molecule has 0 saturated carbocycles. The summed E-state index contributed by atoms with van der Waals surface area (Å²) in [5, 5.41) is 9.91. The number of nitrogens with zero attached hydrogens (tertiary/aromatic N) is 5. The highest BCUT2D eigenvalue weighted by Gasteiger charge is 2.63. The van der Waals surface area contributed by atoms with Gasteiger partial charge in [0.25, 0.3) is 5.91 Å². The zero-order valence-electron chi connectivity index (χ0n) is 16.5. The number of pyridine rings is 1. The van der Waals surface area contributed by atoms with E-state index in [1.54, 1.807) is 54.1 Å². The van der Waals surface area contributed by atoms with Gasteiger partial charge in [-0.05, 0) is 44.5 Å². The Morgan fingerprint density at radius 2 is 2.10 bits per heavy atom. The van der Waals surface area contributed by atoms with Crippen LogP contribution in [-0.2, 0) is 9.53 Å². The number of nitriles is 1. The predicted octanol–water partition coefficient (Wildman–Crippen LogP) is 2.25. The van der Waals surface area contributed by atoms with Gasteiger partial charge in [0.15, 0.2) is 0 Å². The molecule has 2 aromatic rings. The van der Waals surface area contributed by atoms with Crippen LogP contribution in [-0.4, -0.2) is 63.6 Å². The second kappa shape index (κ2) is 6.42. The minimum Gasteiger partial charge on any atom is -0.447 e. The van der Waals surface area contributed by atoms with E-state index in [0.717, 1.165) is 4.90 Å². The number of fused-ring (bicyclic) bond motifs is 6. The molecule has 9 heteroatoms. The molecule has 0 N–H and O–H groups in total. The normalized spacial score (nSPS) is 24.7. The minimum absolute atomic E-state index is 0.219. The van der Waals surface area contributed by atoms with Gasteiger partial charge in [-0.15, -0.1) is 0 Å². The molecule has 3 atom stereocenters. The molecule has 2 bridgehead atoms. The van der Waals surface area contributed by atoms with Crippen LogP contribution >= 0.6 is 0 Å². The molecule has 3 aliphatic rings. The van der Waals surface area contributed by atoms with Crippen molar-refractivity contribution >= 4 is 34.6 Å². The number of amides is 4. The van der Waals surface area contributed by atoms with Crippen LogP contribution in [0.3, 0.4) is 0 Å². The topological polar surface area (TPSA) is 107 Å². The standard InChI is InChI=1S/C21H19N5O4/c1-11(2)30-21(29)24-10-13-8-16(24)18-19(27)26(20(28)25(13)18)15-6-5-12(9-22)17-14(15)4-3-7-23-17/h3-7,11,13,16,18H,8,10H2,1-2H3/t13?,16?,18-/m0/s1. The molecule has 0 radical (unpaired) electrons. The first-order chi connectivity index (χ1) is 14.4. The van der Waals surface area contributed by atoms with Gasteiger partial charge in [0.05, 0.1) is 35.0 Å². The Morgan fingerprint density at radius 1 is 1.30 bits per heavy atom. The zero-order chi connectivity index (χ0) is 21.2. The van der Waals surface area contributed by atoms with E-state index >= 15 is 0 Å². The Kier molecular flexibility index (Phi) is 3.93. The monoisotopic (exact) mass is 405 g/mol. The van der Waals surface area contributed by atoms with Crippen LogP contribution in [0.25, 0.3) is 10.9 Å². The number of likely N-dealkylation sites (tertiary alicyclic amines) is 1. The summed E-state index contributed by atoms with van der Waals surface area (Å²) in [7, 11) is 0. The fourth-order valence-corrected chi connectivity index (χ4v) is 4.80. The maximum atomic E-state index is 13.4. The van der Waals surface area contributed by atoms with Gasteiger partial charge in [0.1, 0.15) is 12.1 Å². The Balaban J connectivity index is 1.53. The number of rotatable bonds is 2. The molecule has 4 heterocycles. The third-order valence-electron chi connectivity index (χ3n) is 5.94. The first-order valence-corrected chi connectivity index (χ1v) is 9.83. The molecule has 9 nitrogen and oxygen atoms in total. The van der Waals surface area contributed by atoms with E-state index in [0.29, 0.717) is 35.1 Å². The van der Waals surface area contributed by atoms with Crippen LogP contribution in [0.4, 0.5) is 15.3 Å². The fourth-order valence-electron chi connectivity index (χ4n) is 4.80. The molecule has 152 valence electrons. The maximum absolute atomic E-state index is 13.4. The van der Waals surface area contributed by atoms with E-state index in [9.17, 15) is 19.6 Å². The molecule has 0 spiro atoms. The van der Waals surface area contributed by atoms with Crippen LogP contribution < -0.4 is 4.90 Å². The van der Waals surface area contributed by atoms with Gasteiger partial charge in [0, 0.05) is 18.1 Å². The molecule has 30 heavy (non-hydrogen) atoms. The number of aromatic nitrogens is 1. The van der Waals surface area contributed by atoms with Gasteiger partial charge in [-0.1, -0.05) is 0 Å². The van der Waals surface area contributed by atoms with Gasteiger partial charge in [-0.3, -0.25) is 9.78 Å². The van der Waals surface area contributed by atoms with Gasteiger partial charge in [-0.2, -0.15) is 5.26 Å². The lowest BCUT2D eigenvalue weighted by atomic mass is 10.1. The Bertz CT molecular complexity index is 1140. The van der Waals surface area contributed by atoms with Gasteiger partial charge in [0.2, 0.25) is 0 Å². The van der Waals surface area contributed by atoms with Gasteiger partial charge >= 0.3 is 12.1 Å². The Morgan fingerprint density at radius 3 is 2.83 bits per heavy atom. The van der Waals surface area contributed by atoms with Crippen LogP contribution in [0.15, 0.2) is 30.5 Å². The Hall–Kier alpha value is -3.67. The predicted molar refractivity (Wildman–Crippen MR) is 105 cm³/mol. The highest BCUT2D eigenvalue weighted by atomic mass is 16.6. The first-order valence-electron chi connectivity index (χ1n) is 9.83. The van der Waals surface area contributed by atoms with Crippen molar-refractivity contribution in [2.24, 2.45) is 0 Å². The maximum Gasteiger partial charge on any atom is 0.410 e. The summed E-state index contributed by atoms with van der Waals surface area (Å²) >= 11 is 0. The van der Waals surface area contributed by atoms with Crippen molar-refractivity contribution in [1.29, 1.82) is 5.26 Å². The molecule has 0 aliphatic carbocycles. The number of piperazine rings is 1. The summed E-state index contributed by atoms with van der Waals surface area (Å²) in [6.45, 7) is 3.90. The fraction of sp³-hybridized carbons (Fsp3) is 0.381. The molecular weight excluding hydrogens is 386 g/mol. The van der Waals surface area contributed by atoms with Crippen molar-refractivity contribution in [3.63, 3.8) is 0 Å². The van der Waals surface area contributed by atoms with Crippen LogP contribution in [0, 0.1) is 11.3 Å². The SMILES string of the molecule is CC(C)OC(=O)N1CC2CC1[C@H]1C(=O)N(c3ccc(C#N)c4ncccc34)C(=O)N21. The van der Waals surface area contributed by atoms with Gasteiger partial charge < -0.3 is 14.5 Å². The molecule has 5 rings (SSSR count). The number of carbonyl (C=O) groups is 3. The van der Waals surface area contributed by atoms with E-state index in [1.165, 1.54) is 0 Å². The molecule has 2 unspecified atom stereocenters. The quantitative estimate of drug-likeness (QED) is 0.710. The molecular formula is C21H19N5O4. The summed E-state index contributed by atoms with van der Waals surface area (Å²) < 4.78 is 5.31. The van der Waals surface area contributed by atoms with E-state index in [-0.39, 0.29) is 18.1 Å². The molecule has 4 amide bonds. The molecule has 1 aromatic carbocycles. The van der Waals surface area contributed by atoms with Crippen molar-refractivity contribution in [2.45, 2.75) is 44.5 Å². The number of carbonyl (C=O) groups excluding carboxylic acids is 3. The van der Waals surface area contributed by atoms with Crippen molar-refractivity contribution in [3.8, 4) is 6.07 Å². The Labute approximate surface area is 172 Å². The molecule has 1 aromatic heterocycles. The average Bonchev–Trinajstić information content (AvgIpc) is 3.38. The summed E-state index contributed by atoms with van der Waals surface area (Å²) in [5.74, 6) is -0.371. The summed E-state index contributed by atoms with van der Waals surface area (Å²) in [4.78, 5) is 47.7.